The topological polar surface area (TPSA) is 86.3 Å². The minimum Gasteiger partial charge on any atom is -0.311 e. The molecule has 31 heavy (non-hydrogen) atoms. The van der Waals surface area contributed by atoms with Crippen molar-refractivity contribution in [1.29, 1.82) is 0 Å². The van der Waals surface area contributed by atoms with Gasteiger partial charge in [-0.15, -0.1) is 5.10 Å². The summed E-state index contributed by atoms with van der Waals surface area (Å²) in [4.78, 5) is 1.79. The molecule has 0 radical (unpaired) electrons. The van der Waals surface area contributed by atoms with E-state index in [1.54, 1.807) is 21.2 Å². The Morgan fingerprint density at radius 2 is 1.81 bits per heavy atom. The van der Waals surface area contributed by atoms with Crippen LogP contribution in [0, 0.1) is 6.92 Å². The second-order valence-electron chi connectivity index (χ2n) is 7.34. The zero-order valence-electron chi connectivity index (χ0n) is 17.8. The van der Waals surface area contributed by atoms with Crippen LogP contribution in [0.5, 0.6) is 0 Å². The van der Waals surface area contributed by atoms with Gasteiger partial charge in [0.1, 0.15) is 11.4 Å². The van der Waals surface area contributed by atoms with Gasteiger partial charge in [-0.3, -0.25) is 0 Å². The zero-order chi connectivity index (χ0) is 21.5. The molecular weight excluding hydrogens is 408 g/mol. The van der Waals surface area contributed by atoms with Crippen LogP contribution in [0.4, 0.5) is 0 Å². The molecule has 4 aromatic rings. The first-order valence-electron chi connectivity index (χ1n) is 10.3. The van der Waals surface area contributed by atoms with Crippen molar-refractivity contribution >= 4 is 11.8 Å². The van der Waals surface area contributed by atoms with Crippen LogP contribution in [-0.4, -0.2) is 47.5 Å². The number of aryl methyl sites for hydroxylation is 2. The van der Waals surface area contributed by atoms with Crippen molar-refractivity contribution in [3.63, 3.8) is 0 Å². The standard InChI is InChI=1S/C22H26N8S/c1-17-9-11-18(12-10-17)16-30-25-20(21(26-30)19-7-4-3-5-8-19)15-23-13-6-14-31-22-24-27-28-29(22)2/h3-5,7-12,23H,6,13-16H2,1-2H3. The summed E-state index contributed by atoms with van der Waals surface area (Å²) in [6.45, 7) is 4.31. The second kappa shape index (κ2) is 10.3. The summed E-state index contributed by atoms with van der Waals surface area (Å²) in [5, 5.41) is 25.4. The summed E-state index contributed by atoms with van der Waals surface area (Å²) in [5.74, 6) is 0.951. The Labute approximate surface area is 186 Å². The van der Waals surface area contributed by atoms with Crippen LogP contribution in [0.1, 0.15) is 23.2 Å². The van der Waals surface area contributed by atoms with Gasteiger partial charge in [-0.25, -0.2) is 4.68 Å². The van der Waals surface area contributed by atoms with Gasteiger partial charge in [0, 0.05) is 24.9 Å². The van der Waals surface area contributed by atoms with E-state index in [-0.39, 0.29) is 0 Å². The van der Waals surface area contributed by atoms with E-state index in [0.29, 0.717) is 13.1 Å². The fourth-order valence-corrected chi connectivity index (χ4v) is 3.95. The average Bonchev–Trinajstić information content (AvgIpc) is 3.38. The summed E-state index contributed by atoms with van der Waals surface area (Å²) in [6.07, 6.45) is 1.01. The van der Waals surface area contributed by atoms with Crippen LogP contribution in [0.3, 0.4) is 0 Å². The molecule has 2 heterocycles. The van der Waals surface area contributed by atoms with Crippen molar-refractivity contribution in [1.82, 2.24) is 40.5 Å². The molecule has 0 bridgehead atoms. The van der Waals surface area contributed by atoms with Crippen molar-refractivity contribution < 1.29 is 0 Å². The highest BCUT2D eigenvalue weighted by atomic mass is 32.2. The fraction of sp³-hybridized carbons (Fsp3) is 0.318. The molecule has 4 rings (SSSR count). The first kappa shape index (κ1) is 21.2. The van der Waals surface area contributed by atoms with Gasteiger partial charge in [0.05, 0.1) is 6.54 Å². The van der Waals surface area contributed by atoms with Crippen molar-refractivity contribution in [3.8, 4) is 11.3 Å². The van der Waals surface area contributed by atoms with Gasteiger partial charge in [0.2, 0.25) is 5.16 Å². The highest BCUT2D eigenvalue weighted by Gasteiger charge is 2.13. The van der Waals surface area contributed by atoms with Crippen LogP contribution in [-0.2, 0) is 20.1 Å². The van der Waals surface area contributed by atoms with Gasteiger partial charge in [0.15, 0.2) is 0 Å². The number of nitrogens with one attached hydrogen (secondary N) is 1. The summed E-state index contributed by atoms with van der Waals surface area (Å²) < 4.78 is 1.69. The van der Waals surface area contributed by atoms with Gasteiger partial charge in [0.25, 0.3) is 0 Å². The molecule has 2 aromatic heterocycles. The summed E-state index contributed by atoms with van der Waals surface area (Å²) in [7, 11) is 1.85. The van der Waals surface area contributed by atoms with Crippen molar-refractivity contribution in [2.75, 3.05) is 12.3 Å². The Balaban J connectivity index is 1.37. The van der Waals surface area contributed by atoms with E-state index in [2.05, 4.69) is 64.2 Å². The third-order valence-electron chi connectivity index (χ3n) is 4.82. The third kappa shape index (κ3) is 5.77. The quantitative estimate of drug-likeness (QED) is 0.303. The Kier molecular flexibility index (Phi) is 7.06. The number of hydrogen-bond acceptors (Lipinski definition) is 7. The Morgan fingerprint density at radius 1 is 1.00 bits per heavy atom. The zero-order valence-corrected chi connectivity index (χ0v) is 18.6. The van der Waals surface area contributed by atoms with Crippen LogP contribution in [0.15, 0.2) is 59.8 Å². The molecule has 0 saturated heterocycles. The fourth-order valence-electron chi connectivity index (χ4n) is 3.16. The maximum Gasteiger partial charge on any atom is 0.209 e. The van der Waals surface area contributed by atoms with Gasteiger partial charge in [-0.05, 0) is 35.9 Å². The number of tetrazole rings is 1. The molecule has 0 fully saturated rings. The van der Waals surface area contributed by atoms with E-state index in [4.69, 9.17) is 10.2 Å². The number of nitrogens with zero attached hydrogens (tertiary/aromatic N) is 7. The molecule has 0 aliphatic carbocycles. The molecule has 0 unspecified atom stereocenters. The normalized spacial score (nSPS) is 11.2. The molecule has 2 aromatic carbocycles. The monoisotopic (exact) mass is 434 g/mol. The van der Waals surface area contributed by atoms with E-state index in [1.807, 2.05) is 25.2 Å². The van der Waals surface area contributed by atoms with Crippen molar-refractivity contribution in [3.05, 3.63) is 71.4 Å². The SMILES string of the molecule is Cc1ccc(Cn2nc(CNCCCSc3nnnn3C)c(-c3ccccc3)n2)cc1. The third-order valence-corrected chi connectivity index (χ3v) is 5.92. The van der Waals surface area contributed by atoms with E-state index in [1.165, 1.54) is 11.1 Å². The highest BCUT2D eigenvalue weighted by Crippen LogP contribution is 2.20. The maximum atomic E-state index is 4.79. The van der Waals surface area contributed by atoms with Crippen LogP contribution in [0.2, 0.25) is 0 Å². The minimum absolute atomic E-state index is 0.655. The molecule has 0 aliphatic heterocycles. The Morgan fingerprint density at radius 3 is 2.55 bits per heavy atom. The number of aromatic nitrogens is 7. The summed E-state index contributed by atoms with van der Waals surface area (Å²) in [5.41, 5.74) is 5.42. The number of thioether (sulfide) groups is 1. The lowest BCUT2D eigenvalue weighted by Gasteiger charge is -2.04. The highest BCUT2D eigenvalue weighted by molar-refractivity contribution is 7.99. The molecule has 0 spiro atoms. The number of rotatable bonds is 10. The lowest BCUT2D eigenvalue weighted by Crippen LogP contribution is -2.16. The van der Waals surface area contributed by atoms with Crippen molar-refractivity contribution in [2.24, 2.45) is 7.05 Å². The van der Waals surface area contributed by atoms with E-state index in [9.17, 15) is 0 Å². The van der Waals surface area contributed by atoms with Gasteiger partial charge >= 0.3 is 0 Å². The van der Waals surface area contributed by atoms with E-state index >= 15 is 0 Å². The largest absolute Gasteiger partial charge is 0.311 e. The molecule has 9 heteroatoms. The van der Waals surface area contributed by atoms with Crippen LogP contribution in [0.25, 0.3) is 11.3 Å². The molecular formula is C22H26N8S. The van der Waals surface area contributed by atoms with Gasteiger partial charge < -0.3 is 5.32 Å². The number of benzene rings is 2. The molecule has 0 atom stereocenters. The summed E-state index contributed by atoms with van der Waals surface area (Å²) in [6, 6.07) is 18.7. The second-order valence-corrected chi connectivity index (χ2v) is 8.40. The molecule has 0 saturated carbocycles. The van der Waals surface area contributed by atoms with Gasteiger partial charge in [-0.1, -0.05) is 71.9 Å². The van der Waals surface area contributed by atoms with Crippen LogP contribution < -0.4 is 5.32 Å². The predicted octanol–water partition coefficient (Wildman–Crippen LogP) is 3.10. The van der Waals surface area contributed by atoms with Crippen LogP contribution >= 0.6 is 11.8 Å². The summed E-state index contributed by atoms with van der Waals surface area (Å²) >= 11 is 1.66. The lowest BCUT2D eigenvalue weighted by molar-refractivity contribution is 0.576. The maximum absolute atomic E-state index is 4.79. The van der Waals surface area contributed by atoms with E-state index in [0.717, 1.165) is 40.8 Å². The molecule has 1 N–H and O–H groups in total. The molecule has 8 nitrogen and oxygen atoms in total. The molecule has 0 amide bonds. The van der Waals surface area contributed by atoms with Gasteiger partial charge in [-0.2, -0.15) is 15.0 Å². The first-order chi connectivity index (χ1) is 15.2. The number of hydrogen-bond donors (Lipinski definition) is 1. The lowest BCUT2D eigenvalue weighted by atomic mass is 10.1. The van der Waals surface area contributed by atoms with Crippen molar-refractivity contribution in [2.45, 2.75) is 31.6 Å². The smallest absolute Gasteiger partial charge is 0.209 e. The van der Waals surface area contributed by atoms with E-state index < -0.39 is 0 Å². The first-order valence-corrected chi connectivity index (χ1v) is 11.3. The predicted molar refractivity (Wildman–Crippen MR) is 122 cm³/mol. The Bertz CT molecular complexity index is 1090. The average molecular weight is 435 g/mol. The molecule has 0 aliphatic rings. The minimum atomic E-state index is 0.655. The molecule has 160 valence electrons. The Hall–Kier alpha value is -3.04.